The summed E-state index contributed by atoms with van der Waals surface area (Å²) in [5.41, 5.74) is 0. The van der Waals surface area contributed by atoms with Crippen molar-refractivity contribution in [1.29, 1.82) is 0 Å². The Morgan fingerprint density at radius 1 is 1.30 bits per heavy atom. The van der Waals surface area contributed by atoms with Crippen molar-refractivity contribution >= 4 is 0 Å². The summed E-state index contributed by atoms with van der Waals surface area (Å²) in [6.07, 6.45) is 5.21. The van der Waals surface area contributed by atoms with Crippen molar-refractivity contribution in [3.05, 3.63) is 0 Å². The molecule has 1 rings (SSSR count). The SMILES string of the molecule is OCOCOC1CCCC1. The summed E-state index contributed by atoms with van der Waals surface area (Å²) >= 11 is 0. The fourth-order valence-electron chi connectivity index (χ4n) is 1.24. The van der Waals surface area contributed by atoms with Gasteiger partial charge in [0.2, 0.25) is 0 Å². The Balaban J connectivity index is 1.91. The largest absolute Gasteiger partial charge is 0.371 e. The van der Waals surface area contributed by atoms with Gasteiger partial charge in [0.1, 0.15) is 13.6 Å². The van der Waals surface area contributed by atoms with E-state index in [1.165, 1.54) is 12.8 Å². The van der Waals surface area contributed by atoms with Gasteiger partial charge >= 0.3 is 0 Å². The molecule has 0 aromatic heterocycles. The normalized spacial score (nSPS) is 20.1. The van der Waals surface area contributed by atoms with Gasteiger partial charge in [-0.15, -0.1) is 0 Å². The molecule has 0 aliphatic heterocycles. The minimum absolute atomic E-state index is 0.237. The molecule has 10 heavy (non-hydrogen) atoms. The molecule has 0 aromatic rings. The van der Waals surface area contributed by atoms with E-state index < -0.39 is 0 Å². The maximum absolute atomic E-state index is 8.24. The quantitative estimate of drug-likeness (QED) is 0.472. The molecule has 3 nitrogen and oxygen atoms in total. The minimum Gasteiger partial charge on any atom is -0.371 e. The van der Waals surface area contributed by atoms with Gasteiger partial charge in [-0.2, -0.15) is 0 Å². The van der Waals surface area contributed by atoms with Crippen molar-refractivity contribution in [2.45, 2.75) is 31.8 Å². The first-order chi connectivity index (χ1) is 4.93. The Morgan fingerprint density at radius 2 is 2.00 bits per heavy atom. The fraction of sp³-hybridized carbons (Fsp3) is 1.00. The van der Waals surface area contributed by atoms with E-state index in [2.05, 4.69) is 4.74 Å². The Labute approximate surface area is 60.9 Å². The molecule has 0 aromatic carbocycles. The van der Waals surface area contributed by atoms with Crippen LogP contribution in [0.25, 0.3) is 0 Å². The van der Waals surface area contributed by atoms with Gasteiger partial charge in [0.05, 0.1) is 6.10 Å². The molecule has 3 heteroatoms. The number of aliphatic hydroxyl groups is 1. The van der Waals surface area contributed by atoms with Crippen LogP contribution in [-0.2, 0) is 9.47 Å². The van der Waals surface area contributed by atoms with Gasteiger partial charge in [0, 0.05) is 0 Å². The molecule has 1 N–H and O–H groups in total. The second kappa shape index (κ2) is 4.66. The average Bonchev–Trinajstić information content (AvgIpc) is 2.41. The highest BCUT2D eigenvalue weighted by atomic mass is 16.7. The molecule has 0 unspecified atom stereocenters. The number of ether oxygens (including phenoxy) is 2. The standard InChI is InChI=1S/C7H14O3/c8-5-9-6-10-7-3-1-2-4-7/h7-8H,1-6H2. The first-order valence-electron chi connectivity index (χ1n) is 3.73. The van der Waals surface area contributed by atoms with Gasteiger partial charge in [-0.25, -0.2) is 0 Å². The zero-order valence-corrected chi connectivity index (χ0v) is 6.08. The number of aliphatic hydroxyl groups excluding tert-OH is 1. The van der Waals surface area contributed by atoms with Gasteiger partial charge in [-0.05, 0) is 12.8 Å². The number of hydrogen-bond acceptors (Lipinski definition) is 3. The van der Waals surface area contributed by atoms with Crippen LogP contribution in [-0.4, -0.2) is 24.8 Å². The Kier molecular flexibility index (Phi) is 3.72. The Bertz CT molecular complexity index is 78.9. The zero-order valence-electron chi connectivity index (χ0n) is 6.08. The van der Waals surface area contributed by atoms with E-state index in [0.29, 0.717) is 6.10 Å². The second-order valence-corrected chi connectivity index (χ2v) is 2.52. The van der Waals surface area contributed by atoms with Crippen molar-refractivity contribution in [3.63, 3.8) is 0 Å². The van der Waals surface area contributed by atoms with Gasteiger partial charge in [0.25, 0.3) is 0 Å². The smallest absolute Gasteiger partial charge is 0.149 e. The molecular weight excluding hydrogens is 132 g/mol. The van der Waals surface area contributed by atoms with Gasteiger partial charge in [-0.3, -0.25) is 0 Å². The maximum atomic E-state index is 8.24. The molecule has 0 heterocycles. The molecule has 1 saturated carbocycles. The lowest BCUT2D eigenvalue weighted by Crippen LogP contribution is -2.10. The third-order valence-electron chi connectivity index (χ3n) is 1.78. The molecule has 0 spiro atoms. The first kappa shape index (κ1) is 7.98. The summed E-state index contributed by atoms with van der Waals surface area (Å²) in [5.74, 6) is 0. The molecule has 1 aliphatic carbocycles. The van der Waals surface area contributed by atoms with Crippen LogP contribution in [0.5, 0.6) is 0 Å². The summed E-state index contributed by atoms with van der Waals surface area (Å²) in [6, 6.07) is 0. The third kappa shape index (κ3) is 2.64. The van der Waals surface area contributed by atoms with Crippen LogP contribution in [0.2, 0.25) is 0 Å². The fourth-order valence-corrected chi connectivity index (χ4v) is 1.24. The van der Waals surface area contributed by atoms with Crippen molar-refractivity contribution in [2.24, 2.45) is 0 Å². The molecule has 1 fully saturated rings. The Morgan fingerprint density at radius 3 is 2.60 bits per heavy atom. The van der Waals surface area contributed by atoms with Gasteiger partial charge in [0.15, 0.2) is 0 Å². The molecule has 0 atom stereocenters. The summed E-state index contributed by atoms with van der Waals surface area (Å²) in [4.78, 5) is 0. The molecule has 0 amide bonds. The van der Waals surface area contributed by atoms with Crippen LogP contribution in [0.3, 0.4) is 0 Å². The van der Waals surface area contributed by atoms with E-state index in [9.17, 15) is 0 Å². The van der Waals surface area contributed by atoms with Crippen molar-refractivity contribution < 1.29 is 14.6 Å². The summed E-state index contributed by atoms with van der Waals surface area (Å²) in [6.45, 7) is -0.00606. The van der Waals surface area contributed by atoms with E-state index in [4.69, 9.17) is 9.84 Å². The predicted octanol–water partition coefficient (Wildman–Crippen LogP) is 0.869. The lowest BCUT2D eigenvalue weighted by molar-refractivity contribution is -0.129. The average molecular weight is 146 g/mol. The van der Waals surface area contributed by atoms with Crippen LogP contribution in [0, 0.1) is 0 Å². The highest BCUT2D eigenvalue weighted by Gasteiger charge is 2.14. The monoisotopic (exact) mass is 146 g/mol. The summed E-state index contributed by atoms with van der Waals surface area (Å²) in [7, 11) is 0. The van der Waals surface area contributed by atoms with Crippen molar-refractivity contribution in [3.8, 4) is 0 Å². The lowest BCUT2D eigenvalue weighted by Gasteiger charge is -2.09. The molecule has 0 bridgehead atoms. The minimum atomic E-state index is -0.243. The van der Waals surface area contributed by atoms with Crippen molar-refractivity contribution in [1.82, 2.24) is 0 Å². The van der Waals surface area contributed by atoms with E-state index in [1.54, 1.807) is 0 Å². The van der Waals surface area contributed by atoms with E-state index in [-0.39, 0.29) is 13.6 Å². The molecular formula is C7H14O3. The van der Waals surface area contributed by atoms with E-state index >= 15 is 0 Å². The Hall–Kier alpha value is -0.120. The third-order valence-corrected chi connectivity index (χ3v) is 1.78. The summed E-state index contributed by atoms with van der Waals surface area (Å²) in [5, 5.41) is 8.24. The van der Waals surface area contributed by atoms with Crippen LogP contribution >= 0.6 is 0 Å². The highest BCUT2D eigenvalue weighted by Crippen LogP contribution is 2.20. The van der Waals surface area contributed by atoms with Crippen LogP contribution in [0.4, 0.5) is 0 Å². The van der Waals surface area contributed by atoms with Crippen LogP contribution in [0.15, 0.2) is 0 Å². The highest BCUT2D eigenvalue weighted by molar-refractivity contribution is 4.65. The molecule has 60 valence electrons. The van der Waals surface area contributed by atoms with Crippen molar-refractivity contribution in [2.75, 3.05) is 13.6 Å². The summed E-state index contributed by atoms with van der Waals surface area (Å²) < 4.78 is 9.89. The van der Waals surface area contributed by atoms with Gasteiger partial charge in [-0.1, -0.05) is 12.8 Å². The zero-order chi connectivity index (χ0) is 7.23. The van der Waals surface area contributed by atoms with E-state index in [1.807, 2.05) is 0 Å². The predicted molar refractivity (Wildman–Crippen MR) is 36.4 cm³/mol. The lowest BCUT2D eigenvalue weighted by atomic mass is 10.3. The maximum Gasteiger partial charge on any atom is 0.149 e. The van der Waals surface area contributed by atoms with Crippen LogP contribution in [0.1, 0.15) is 25.7 Å². The number of rotatable bonds is 4. The molecule has 0 radical (unpaired) electrons. The van der Waals surface area contributed by atoms with E-state index in [0.717, 1.165) is 12.8 Å². The molecule has 0 saturated heterocycles. The topological polar surface area (TPSA) is 38.7 Å². The molecule has 1 aliphatic rings. The number of hydrogen-bond donors (Lipinski definition) is 1. The van der Waals surface area contributed by atoms with Crippen LogP contribution < -0.4 is 0 Å². The first-order valence-corrected chi connectivity index (χ1v) is 3.73. The van der Waals surface area contributed by atoms with Gasteiger partial charge < -0.3 is 14.6 Å². The second-order valence-electron chi connectivity index (χ2n) is 2.52.